The number of nitrogens with zero attached hydrogens (tertiary/aromatic N) is 1. The van der Waals surface area contributed by atoms with Crippen LogP contribution in [0.1, 0.15) is 40.0 Å². The number of halogens is 2. The summed E-state index contributed by atoms with van der Waals surface area (Å²) in [6.45, 7) is 6.56. The van der Waals surface area contributed by atoms with Gasteiger partial charge in [-0.25, -0.2) is 9.18 Å². The Kier molecular flexibility index (Phi) is 6.87. The standard InChI is InChI=1S/C19H25ClFNO4/c1-19(2,3)26-18(24)22-8-6-13(7-9-22)10-14(23)12-25-15-4-5-16(20)17(21)11-15/h4-5,11,13H,6-10,12H2,1-3H3. The largest absolute Gasteiger partial charge is 0.486 e. The van der Waals surface area contributed by atoms with Gasteiger partial charge < -0.3 is 14.4 Å². The first-order valence-electron chi connectivity index (χ1n) is 8.71. The van der Waals surface area contributed by atoms with Crippen molar-refractivity contribution in [3.05, 3.63) is 29.0 Å². The molecule has 0 saturated carbocycles. The van der Waals surface area contributed by atoms with Gasteiger partial charge in [0.2, 0.25) is 0 Å². The van der Waals surface area contributed by atoms with E-state index in [0.717, 1.165) is 18.9 Å². The highest BCUT2D eigenvalue weighted by molar-refractivity contribution is 6.30. The lowest BCUT2D eigenvalue weighted by Crippen LogP contribution is -2.42. The van der Waals surface area contributed by atoms with Crippen molar-refractivity contribution in [1.82, 2.24) is 4.90 Å². The summed E-state index contributed by atoms with van der Waals surface area (Å²) in [5.41, 5.74) is -0.512. The molecule has 1 amide bonds. The number of likely N-dealkylation sites (tertiary alicyclic amines) is 1. The number of benzene rings is 1. The van der Waals surface area contributed by atoms with Gasteiger partial charge in [0.25, 0.3) is 0 Å². The fourth-order valence-electron chi connectivity index (χ4n) is 2.76. The minimum Gasteiger partial charge on any atom is -0.486 e. The van der Waals surface area contributed by atoms with Gasteiger partial charge in [0.15, 0.2) is 5.78 Å². The molecule has 2 rings (SSSR count). The average molecular weight is 386 g/mol. The van der Waals surface area contributed by atoms with Crippen LogP contribution < -0.4 is 4.74 Å². The van der Waals surface area contributed by atoms with E-state index in [1.165, 1.54) is 12.1 Å². The van der Waals surface area contributed by atoms with Crippen molar-refractivity contribution in [3.8, 4) is 5.75 Å². The van der Waals surface area contributed by atoms with E-state index in [2.05, 4.69) is 0 Å². The molecule has 26 heavy (non-hydrogen) atoms. The van der Waals surface area contributed by atoms with Gasteiger partial charge in [0.05, 0.1) is 5.02 Å². The lowest BCUT2D eigenvalue weighted by Gasteiger charge is -2.33. The monoisotopic (exact) mass is 385 g/mol. The highest BCUT2D eigenvalue weighted by Gasteiger charge is 2.27. The van der Waals surface area contributed by atoms with Crippen LogP contribution in [0, 0.1) is 11.7 Å². The van der Waals surface area contributed by atoms with Crippen molar-refractivity contribution in [2.24, 2.45) is 5.92 Å². The molecule has 1 aliphatic rings. The minimum atomic E-state index is -0.578. The molecule has 1 aromatic carbocycles. The predicted molar refractivity (Wildman–Crippen MR) is 97.1 cm³/mol. The van der Waals surface area contributed by atoms with Crippen LogP contribution in [0.25, 0.3) is 0 Å². The molecule has 5 nitrogen and oxygen atoms in total. The second-order valence-electron chi connectivity index (χ2n) is 7.52. The minimum absolute atomic E-state index is 0.0143. The molecular formula is C19H25ClFNO4. The molecule has 0 aromatic heterocycles. The number of carbonyl (C=O) groups excluding carboxylic acids is 2. The number of rotatable bonds is 5. The average Bonchev–Trinajstić information content (AvgIpc) is 2.55. The van der Waals surface area contributed by atoms with Crippen molar-refractivity contribution < 1.29 is 23.5 Å². The van der Waals surface area contributed by atoms with Gasteiger partial charge in [-0.1, -0.05) is 11.6 Å². The molecule has 0 N–H and O–H groups in total. The number of hydrogen-bond acceptors (Lipinski definition) is 4. The molecular weight excluding hydrogens is 361 g/mol. The molecule has 7 heteroatoms. The predicted octanol–water partition coefficient (Wildman–Crippen LogP) is 4.46. The highest BCUT2D eigenvalue weighted by Crippen LogP contribution is 2.23. The molecule has 0 atom stereocenters. The maximum atomic E-state index is 13.3. The molecule has 1 aliphatic heterocycles. The number of amides is 1. The first-order chi connectivity index (χ1) is 12.1. The summed E-state index contributed by atoms with van der Waals surface area (Å²) in [7, 11) is 0. The fourth-order valence-corrected chi connectivity index (χ4v) is 2.88. The quantitative estimate of drug-likeness (QED) is 0.750. The number of ketones is 1. The Bertz CT molecular complexity index is 651. The Hall–Kier alpha value is -1.82. The van der Waals surface area contributed by atoms with Gasteiger partial charge in [0, 0.05) is 25.6 Å². The van der Waals surface area contributed by atoms with Gasteiger partial charge >= 0.3 is 6.09 Å². The normalized spacial score (nSPS) is 15.7. The van der Waals surface area contributed by atoms with E-state index in [4.69, 9.17) is 21.1 Å². The van der Waals surface area contributed by atoms with Crippen LogP contribution in [0.2, 0.25) is 5.02 Å². The third-order valence-corrected chi connectivity index (χ3v) is 4.38. The molecule has 0 unspecified atom stereocenters. The third kappa shape index (κ3) is 6.48. The Morgan fingerprint density at radius 3 is 2.50 bits per heavy atom. The van der Waals surface area contributed by atoms with E-state index in [1.807, 2.05) is 20.8 Å². The molecule has 1 heterocycles. The van der Waals surface area contributed by atoms with Crippen LogP contribution in [0.5, 0.6) is 5.75 Å². The number of carbonyl (C=O) groups is 2. The number of Topliss-reactive ketones (excluding diaryl/α,β-unsaturated/α-hetero) is 1. The van der Waals surface area contributed by atoms with Crippen molar-refractivity contribution in [2.45, 2.75) is 45.6 Å². The van der Waals surface area contributed by atoms with Crippen LogP contribution in [0.3, 0.4) is 0 Å². The second kappa shape index (κ2) is 8.71. The zero-order valence-electron chi connectivity index (χ0n) is 15.4. The van der Waals surface area contributed by atoms with Crippen LogP contribution in [-0.4, -0.2) is 42.1 Å². The van der Waals surface area contributed by atoms with Crippen LogP contribution in [0.15, 0.2) is 18.2 Å². The first kappa shape index (κ1) is 20.5. The molecule has 0 bridgehead atoms. The second-order valence-corrected chi connectivity index (χ2v) is 7.93. The Morgan fingerprint density at radius 1 is 1.27 bits per heavy atom. The smallest absolute Gasteiger partial charge is 0.410 e. The molecule has 1 fully saturated rings. The SMILES string of the molecule is CC(C)(C)OC(=O)N1CCC(CC(=O)COc2ccc(Cl)c(F)c2)CC1. The number of piperidine rings is 1. The summed E-state index contributed by atoms with van der Waals surface area (Å²) in [6, 6.07) is 4.08. The lowest BCUT2D eigenvalue weighted by molar-refractivity contribution is -0.122. The summed E-state index contributed by atoms with van der Waals surface area (Å²) >= 11 is 5.61. The van der Waals surface area contributed by atoms with Crippen LogP contribution >= 0.6 is 11.6 Å². The number of hydrogen-bond donors (Lipinski definition) is 0. The molecule has 1 saturated heterocycles. The van der Waals surface area contributed by atoms with E-state index in [9.17, 15) is 14.0 Å². The maximum Gasteiger partial charge on any atom is 0.410 e. The van der Waals surface area contributed by atoms with E-state index >= 15 is 0 Å². The van der Waals surface area contributed by atoms with Crippen molar-refractivity contribution >= 4 is 23.5 Å². The molecule has 0 spiro atoms. The summed E-state index contributed by atoms with van der Waals surface area (Å²) in [4.78, 5) is 25.8. The molecule has 0 aliphatic carbocycles. The van der Waals surface area contributed by atoms with Crippen LogP contribution in [0.4, 0.5) is 9.18 Å². The van der Waals surface area contributed by atoms with Crippen LogP contribution in [-0.2, 0) is 9.53 Å². The fraction of sp³-hybridized carbons (Fsp3) is 0.579. The number of ether oxygens (including phenoxy) is 2. The van der Waals surface area contributed by atoms with E-state index in [0.29, 0.717) is 19.5 Å². The molecule has 0 radical (unpaired) electrons. The van der Waals surface area contributed by atoms with Crippen molar-refractivity contribution in [1.29, 1.82) is 0 Å². The van der Waals surface area contributed by atoms with Crippen molar-refractivity contribution in [3.63, 3.8) is 0 Å². The van der Waals surface area contributed by atoms with Gasteiger partial charge in [-0.2, -0.15) is 0 Å². The van der Waals surface area contributed by atoms with E-state index < -0.39 is 11.4 Å². The van der Waals surface area contributed by atoms with E-state index in [1.54, 1.807) is 4.90 Å². The zero-order chi connectivity index (χ0) is 19.3. The Balaban J connectivity index is 1.72. The van der Waals surface area contributed by atoms with Gasteiger partial charge in [-0.05, 0) is 51.7 Å². The van der Waals surface area contributed by atoms with Gasteiger partial charge in [0.1, 0.15) is 23.8 Å². The maximum absolute atomic E-state index is 13.3. The van der Waals surface area contributed by atoms with Crippen molar-refractivity contribution in [2.75, 3.05) is 19.7 Å². The Labute approximate surface area is 158 Å². The Morgan fingerprint density at radius 2 is 1.92 bits per heavy atom. The molecule has 1 aromatic rings. The zero-order valence-corrected chi connectivity index (χ0v) is 16.1. The van der Waals surface area contributed by atoms with Gasteiger partial charge in [-0.3, -0.25) is 4.79 Å². The summed E-state index contributed by atoms with van der Waals surface area (Å²) in [5.74, 6) is -0.131. The third-order valence-electron chi connectivity index (χ3n) is 4.07. The van der Waals surface area contributed by atoms with E-state index in [-0.39, 0.29) is 35.2 Å². The lowest BCUT2D eigenvalue weighted by atomic mass is 9.92. The topological polar surface area (TPSA) is 55.8 Å². The first-order valence-corrected chi connectivity index (χ1v) is 9.09. The summed E-state index contributed by atoms with van der Waals surface area (Å²) < 4.78 is 24.0. The molecule has 144 valence electrons. The summed E-state index contributed by atoms with van der Waals surface area (Å²) in [5, 5.41) is 0.0143. The summed E-state index contributed by atoms with van der Waals surface area (Å²) in [6.07, 6.45) is 1.58. The highest BCUT2D eigenvalue weighted by atomic mass is 35.5. The van der Waals surface area contributed by atoms with Gasteiger partial charge in [-0.15, -0.1) is 0 Å².